The monoisotopic (exact) mass is 530 g/mol. The first-order valence-corrected chi connectivity index (χ1v) is 11.4. The first kappa shape index (κ1) is 33.3. The second-order valence-corrected chi connectivity index (χ2v) is 6.84. The number of nitro groups is 2. The van der Waals surface area contributed by atoms with Gasteiger partial charge in [0.25, 0.3) is 5.69 Å². The van der Waals surface area contributed by atoms with Gasteiger partial charge in [-0.25, -0.2) is 0 Å². The molecule has 0 aromatic heterocycles. The van der Waals surface area contributed by atoms with E-state index in [-0.39, 0.29) is 22.7 Å². The topological polar surface area (TPSA) is 170 Å². The molecule has 0 saturated heterocycles. The minimum absolute atomic E-state index is 0.0927. The van der Waals surface area contributed by atoms with Crippen molar-refractivity contribution < 1.29 is 29.5 Å². The number of non-ortho nitro benzene ring substituents is 1. The Bertz CT molecular complexity index is 1180. The lowest BCUT2D eigenvalue weighted by Crippen LogP contribution is -2.12. The summed E-state index contributed by atoms with van der Waals surface area (Å²) >= 11 is 0. The van der Waals surface area contributed by atoms with Crippen molar-refractivity contribution >= 4 is 22.8 Å². The van der Waals surface area contributed by atoms with E-state index in [0.717, 1.165) is 18.2 Å². The number of phenolic OH excluding ortho intramolecular Hbond substituents is 1. The van der Waals surface area contributed by atoms with Gasteiger partial charge in [0, 0.05) is 23.3 Å². The number of phenols is 1. The van der Waals surface area contributed by atoms with E-state index in [1.54, 1.807) is 25.3 Å². The summed E-state index contributed by atoms with van der Waals surface area (Å²) in [7, 11) is 3.00. The van der Waals surface area contributed by atoms with Crippen molar-refractivity contribution in [1.82, 2.24) is 0 Å². The molecule has 0 bridgehead atoms. The Morgan fingerprint density at radius 1 is 1.13 bits per heavy atom. The number of nitro benzene ring substituents is 2. The molecular weight excluding hydrogens is 496 g/mol. The van der Waals surface area contributed by atoms with Crippen LogP contribution in [0.4, 0.5) is 17.1 Å². The summed E-state index contributed by atoms with van der Waals surface area (Å²) in [6.45, 7) is 12.3. The molecule has 0 spiro atoms. The van der Waals surface area contributed by atoms with Crippen molar-refractivity contribution in [3.05, 3.63) is 98.8 Å². The van der Waals surface area contributed by atoms with Crippen LogP contribution in [0.2, 0.25) is 0 Å². The first-order valence-electron chi connectivity index (χ1n) is 11.4. The molecule has 38 heavy (non-hydrogen) atoms. The van der Waals surface area contributed by atoms with E-state index in [1.165, 1.54) is 19.2 Å². The Morgan fingerprint density at radius 2 is 1.79 bits per heavy atom. The third-order valence-corrected chi connectivity index (χ3v) is 4.55. The molecule has 0 saturated carbocycles. The quantitative estimate of drug-likeness (QED) is 0.108. The van der Waals surface area contributed by atoms with Crippen molar-refractivity contribution in [2.45, 2.75) is 27.2 Å². The summed E-state index contributed by atoms with van der Waals surface area (Å²) in [6, 6.07) is 7.55. The summed E-state index contributed by atoms with van der Waals surface area (Å²) in [6.07, 6.45) is 3.80. The molecular formula is C26H34N4O8. The summed E-state index contributed by atoms with van der Waals surface area (Å²) in [5.41, 5.74) is 2.21. The van der Waals surface area contributed by atoms with Gasteiger partial charge in [0.15, 0.2) is 0 Å². The van der Waals surface area contributed by atoms with Crippen molar-refractivity contribution in [2.75, 3.05) is 26.3 Å². The molecule has 3 N–H and O–H groups in total. The maximum atomic E-state index is 11.3. The minimum Gasteiger partial charge on any atom is -0.507 e. The van der Waals surface area contributed by atoms with E-state index in [9.17, 15) is 30.4 Å². The average Bonchev–Trinajstić information content (AvgIpc) is 2.93. The van der Waals surface area contributed by atoms with E-state index in [1.807, 2.05) is 20.8 Å². The Labute approximate surface area is 221 Å². The maximum absolute atomic E-state index is 11.3. The highest BCUT2D eigenvalue weighted by Gasteiger charge is 2.20. The third kappa shape index (κ3) is 10.1. The van der Waals surface area contributed by atoms with Crippen LogP contribution in [0.1, 0.15) is 32.8 Å². The highest BCUT2D eigenvalue weighted by atomic mass is 16.6. The fraction of sp³-hybridized carbons (Fsp3) is 0.269. The van der Waals surface area contributed by atoms with Crippen LogP contribution in [-0.4, -0.2) is 46.6 Å². The molecule has 0 radical (unpaired) electrons. The number of aliphatic hydroxyl groups is 1. The highest BCUT2D eigenvalue weighted by Crippen LogP contribution is 2.30. The minimum atomic E-state index is -0.774. The fourth-order valence-electron chi connectivity index (χ4n) is 2.70. The summed E-state index contributed by atoms with van der Waals surface area (Å²) in [4.78, 5) is 20.7. The molecule has 2 rings (SSSR count). The van der Waals surface area contributed by atoms with Gasteiger partial charge in [-0.1, -0.05) is 40.0 Å². The van der Waals surface area contributed by atoms with Gasteiger partial charge in [0.05, 0.1) is 42.5 Å². The SMILES string of the molecule is C=CC(=C)OC.CC.CC/C=C(CO)/C(=N/Nc1ccc([N+](=O)[O-])cc1[N+](=O)[O-])c1ccc(OC)cc1O. The summed E-state index contributed by atoms with van der Waals surface area (Å²) in [5.74, 6) is 0.832. The molecule has 12 heteroatoms. The Hall–Kier alpha value is -4.71. The van der Waals surface area contributed by atoms with Crippen LogP contribution >= 0.6 is 0 Å². The van der Waals surface area contributed by atoms with Crippen LogP contribution in [0.15, 0.2) is 78.1 Å². The molecule has 0 atom stereocenters. The van der Waals surface area contributed by atoms with Gasteiger partial charge < -0.3 is 19.7 Å². The highest BCUT2D eigenvalue weighted by molar-refractivity contribution is 6.14. The molecule has 2 aromatic rings. The second kappa shape index (κ2) is 17.7. The number of hydrazone groups is 1. The number of rotatable bonds is 11. The largest absolute Gasteiger partial charge is 0.507 e. The summed E-state index contributed by atoms with van der Waals surface area (Å²) < 4.78 is 9.64. The fourth-order valence-corrected chi connectivity index (χ4v) is 2.70. The zero-order chi connectivity index (χ0) is 29.3. The van der Waals surface area contributed by atoms with Crippen LogP contribution in [0.5, 0.6) is 11.5 Å². The number of nitrogens with one attached hydrogen (secondary N) is 1. The number of methoxy groups -OCH3 is 2. The number of hydrogen-bond donors (Lipinski definition) is 3. The molecule has 0 aliphatic carbocycles. The van der Waals surface area contributed by atoms with Crippen LogP contribution in [0.3, 0.4) is 0 Å². The van der Waals surface area contributed by atoms with Gasteiger partial charge in [-0.15, -0.1) is 0 Å². The zero-order valence-electron chi connectivity index (χ0n) is 22.1. The smallest absolute Gasteiger partial charge is 0.301 e. The maximum Gasteiger partial charge on any atom is 0.301 e. The van der Waals surface area contributed by atoms with Gasteiger partial charge in [-0.05, 0) is 30.7 Å². The van der Waals surface area contributed by atoms with E-state index in [0.29, 0.717) is 23.5 Å². The number of hydrogen-bond acceptors (Lipinski definition) is 10. The average molecular weight is 531 g/mol. The molecule has 206 valence electrons. The lowest BCUT2D eigenvalue weighted by atomic mass is 10.0. The van der Waals surface area contributed by atoms with Crippen molar-refractivity contribution in [3.8, 4) is 11.5 Å². The third-order valence-electron chi connectivity index (χ3n) is 4.55. The van der Waals surface area contributed by atoms with Crippen LogP contribution in [0, 0.1) is 20.2 Å². The van der Waals surface area contributed by atoms with E-state index in [2.05, 4.69) is 28.4 Å². The molecule has 0 amide bonds. The lowest BCUT2D eigenvalue weighted by Gasteiger charge is -2.13. The number of anilines is 1. The molecule has 0 aliphatic rings. The number of aromatic hydroxyl groups is 1. The normalized spacial score (nSPS) is 10.6. The van der Waals surface area contributed by atoms with Gasteiger partial charge in [-0.2, -0.15) is 5.10 Å². The predicted octanol–water partition coefficient (Wildman–Crippen LogP) is 5.72. The van der Waals surface area contributed by atoms with Gasteiger partial charge in [0.2, 0.25) is 0 Å². The second-order valence-electron chi connectivity index (χ2n) is 6.84. The molecule has 0 heterocycles. The first-order chi connectivity index (χ1) is 18.1. The van der Waals surface area contributed by atoms with E-state index < -0.39 is 27.8 Å². The predicted molar refractivity (Wildman–Crippen MR) is 148 cm³/mol. The van der Waals surface area contributed by atoms with Crippen LogP contribution in [-0.2, 0) is 4.74 Å². The van der Waals surface area contributed by atoms with Gasteiger partial charge in [0.1, 0.15) is 22.9 Å². The number of aliphatic hydroxyl groups excluding tert-OH is 1. The van der Waals surface area contributed by atoms with E-state index in [4.69, 9.17) is 4.74 Å². The zero-order valence-corrected chi connectivity index (χ0v) is 22.1. The van der Waals surface area contributed by atoms with Crippen LogP contribution < -0.4 is 10.2 Å². The number of ether oxygens (including phenoxy) is 2. The van der Waals surface area contributed by atoms with Crippen molar-refractivity contribution in [1.29, 1.82) is 0 Å². The number of allylic oxidation sites excluding steroid dienone is 2. The van der Waals surface area contributed by atoms with E-state index >= 15 is 0 Å². The molecule has 0 fully saturated rings. The Morgan fingerprint density at radius 3 is 2.21 bits per heavy atom. The number of benzene rings is 2. The Balaban J connectivity index is 0.00000150. The molecule has 12 nitrogen and oxygen atoms in total. The van der Waals surface area contributed by atoms with Crippen molar-refractivity contribution in [2.24, 2.45) is 5.10 Å². The lowest BCUT2D eigenvalue weighted by molar-refractivity contribution is -0.393. The van der Waals surface area contributed by atoms with Gasteiger partial charge >= 0.3 is 5.69 Å². The van der Waals surface area contributed by atoms with Crippen molar-refractivity contribution in [3.63, 3.8) is 0 Å². The van der Waals surface area contributed by atoms with Crippen LogP contribution in [0.25, 0.3) is 0 Å². The Kier molecular flexibility index (Phi) is 15.5. The standard InChI is InChI=1S/C19H20N4O7.C5H8O.C2H6/c1-3-4-12(11-24)19(15-7-6-14(30-2)10-18(15)25)21-20-16-8-5-13(22(26)27)9-17(16)23(28)29;1-4-5(2)6-3;1-2/h4-10,20,24-25H,3,11H2,1-2H3;4H,1-2H2,3H3;1-2H3/b12-4+,21-19-;;. The van der Waals surface area contributed by atoms with Gasteiger partial charge in [-0.3, -0.25) is 25.7 Å². The number of nitrogens with zero attached hydrogens (tertiary/aromatic N) is 3. The molecule has 2 aromatic carbocycles. The molecule has 0 aliphatic heterocycles. The molecule has 0 unspecified atom stereocenters. The summed E-state index contributed by atoms with van der Waals surface area (Å²) in [5, 5.41) is 46.5.